The molecule has 3 rings (SSSR count). The van der Waals surface area contributed by atoms with Crippen LogP contribution < -0.4 is 0 Å². The molecule has 1 aliphatic heterocycles. The minimum Gasteiger partial charge on any atom is -0.394 e. The van der Waals surface area contributed by atoms with E-state index < -0.39 is 24.5 Å². The highest BCUT2D eigenvalue weighted by atomic mass is 16.6. The quantitative estimate of drug-likeness (QED) is 0.592. The van der Waals surface area contributed by atoms with Crippen LogP contribution in [-0.4, -0.2) is 60.0 Å². The lowest BCUT2D eigenvalue weighted by Gasteiger charge is -2.15. The van der Waals surface area contributed by atoms with Crippen molar-refractivity contribution in [2.75, 3.05) is 6.61 Å². The van der Waals surface area contributed by atoms with Crippen LogP contribution in [0.3, 0.4) is 0 Å². The second-order valence-corrected chi connectivity index (χ2v) is 4.12. The Balaban J connectivity index is 2.00. The molecule has 1 saturated heterocycles. The van der Waals surface area contributed by atoms with Crippen LogP contribution in [0.25, 0.3) is 11.0 Å². The normalized spacial score (nSPS) is 32.2. The Kier molecular flexibility index (Phi) is 2.71. The molecule has 1 fully saturated rings. The zero-order chi connectivity index (χ0) is 12.7. The van der Waals surface area contributed by atoms with E-state index in [0.717, 1.165) is 0 Å². The molecule has 2 aromatic rings. The molecule has 18 heavy (non-hydrogen) atoms. The summed E-state index contributed by atoms with van der Waals surface area (Å²) < 4.78 is 6.75. The molecule has 3 N–H and O–H groups in total. The van der Waals surface area contributed by atoms with Crippen molar-refractivity contribution < 1.29 is 20.1 Å². The van der Waals surface area contributed by atoms with Gasteiger partial charge >= 0.3 is 0 Å². The van der Waals surface area contributed by atoms with Crippen molar-refractivity contribution >= 4 is 11.0 Å². The fourth-order valence-corrected chi connectivity index (χ4v) is 2.06. The Hall–Kier alpha value is -1.61. The van der Waals surface area contributed by atoms with Crippen molar-refractivity contribution in [1.29, 1.82) is 0 Å². The lowest BCUT2D eigenvalue weighted by molar-refractivity contribution is -0.0566. The van der Waals surface area contributed by atoms with Crippen LogP contribution in [0.1, 0.15) is 6.23 Å². The minimum absolute atomic E-state index is 0.372. The van der Waals surface area contributed by atoms with E-state index in [1.54, 1.807) is 12.4 Å². The molecule has 3 heterocycles. The van der Waals surface area contributed by atoms with E-state index in [2.05, 4.69) is 15.1 Å². The van der Waals surface area contributed by atoms with Gasteiger partial charge in [-0.3, -0.25) is 0 Å². The highest BCUT2D eigenvalue weighted by Gasteiger charge is 2.44. The van der Waals surface area contributed by atoms with E-state index in [1.165, 1.54) is 11.0 Å². The first kappa shape index (κ1) is 11.5. The fraction of sp³-hybridized carbons (Fsp3) is 0.500. The molecule has 0 saturated carbocycles. The molecule has 96 valence electrons. The summed E-state index contributed by atoms with van der Waals surface area (Å²) in [5, 5.41) is 33.4. The monoisotopic (exact) mass is 252 g/mol. The zero-order valence-corrected chi connectivity index (χ0v) is 9.29. The first-order valence-corrected chi connectivity index (χ1v) is 5.48. The molecule has 2 aromatic heterocycles. The Morgan fingerprint density at radius 1 is 1.28 bits per heavy atom. The van der Waals surface area contributed by atoms with E-state index >= 15 is 0 Å². The fourth-order valence-electron chi connectivity index (χ4n) is 2.06. The van der Waals surface area contributed by atoms with E-state index in [1.807, 2.05) is 0 Å². The molecule has 4 atom stereocenters. The lowest BCUT2D eigenvalue weighted by atomic mass is 10.1. The van der Waals surface area contributed by atoms with Gasteiger partial charge in [0.1, 0.15) is 24.6 Å². The van der Waals surface area contributed by atoms with Crippen molar-refractivity contribution in [1.82, 2.24) is 19.7 Å². The highest BCUT2D eigenvalue weighted by Crippen LogP contribution is 2.30. The first-order chi connectivity index (χ1) is 8.72. The highest BCUT2D eigenvalue weighted by molar-refractivity contribution is 5.72. The number of ether oxygens (including phenoxy) is 1. The van der Waals surface area contributed by atoms with Crippen molar-refractivity contribution in [3.05, 3.63) is 18.7 Å². The van der Waals surface area contributed by atoms with Crippen LogP contribution in [0.5, 0.6) is 0 Å². The summed E-state index contributed by atoms with van der Waals surface area (Å²) in [6.45, 7) is -0.372. The second kappa shape index (κ2) is 4.25. The van der Waals surface area contributed by atoms with Gasteiger partial charge in [-0.05, 0) is 0 Å². The molecule has 0 spiro atoms. The van der Waals surface area contributed by atoms with Gasteiger partial charge in [0.05, 0.1) is 18.2 Å². The molecule has 8 heteroatoms. The van der Waals surface area contributed by atoms with Crippen LogP contribution in [0.4, 0.5) is 0 Å². The summed E-state index contributed by atoms with van der Waals surface area (Å²) in [4.78, 5) is 7.91. The standard InChI is InChI=1S/C10H12N4O4/c15-3-6-7(16)8(17)10(18-6)14-9-5(2-13-14)1-11-4-12-9/h1-2,4,6-8,10,15-17H,3H2. The van der Waals surface area contributed by atoms with Crippen LogP contribution in [0, 0.1) is 0 Å². The Labute approximate surface area is 101 Å². The minimum atomic E-state index is -1.17. The van der Waals surface area contributed by atoms with Gasteiger partial charge in [0.15, 0.2) is 11.9 Å². The number of hydrogen-bond acceptors (Lipinski definition) is 7. The molecule has 1 aliphatic rings. The Morgan fingerprint density at radius 2 is 2.11 bits per heavy atom. The average molecular weight is 252 g/mol. The van der Waals surface area contributed by atoms with Crippen LogP contribution in [-0.2, 0) is 4.74 Å². The smallest absolute Gasteiger partial charge is 0.181 e. The maximum Gasteiger partial charge on any atom is 0.181 e. The molecule has 8 nitrogen and oxygen atoms in total. The Morgan fingerprint density at radius 3 is 2.83 bits per heavy atom. The molecule has 0 bridgehead atoms. The van der Waals surface area contributed by atoms with E-state index in [0.29, 0.717) is 11.0 Å². The second-order valence-electron chi connectivity index (χ2n) is 4.12. The number of aromatic nitrogens is 4. The van der Waals surface area contributed by atoms with Gasteiger partial charge in [0.25, 0.3) is 0 Å². The molecule has 0 amide bonds. The third kappa shape index (κ3) is 1.58. The maximum atomic E-state index is 9.90. The zero-order valence-electron chi connectivity index (χ0n) is 9.29. The van der Waals surface area contributed by atoms with Crippen molar-refractivity contribution in [3.8, 4) is 0 Å². The molecular formula is C10H12N4O4. The van der Waals surface area contributed by atoms with E-state index in [-0.39, 0.29) is 6.61 Å². The number of rotatable bonds is 2. The van der Waals surface area contributed by atoms with Crippen molar-refractivity contribution in [3.63, 3.8) is 0 Å². The van der Waals surface area contributed by atoms with E-state index in [9.17, 15) is 10.2 Å². The molecule has 0 aliphatic carbocycles. The number of hydrogen-bond donors (Lipinski definition) is 3. The van der Waals surface area contributed by atoms with Crippen molar-refractivity contribution in [2.45, 2.75) is 24.5 Å². The predicted molar refractivity (Wildman–Crippen MR) is 58.3 cm³/mol. The molecule has 0 radical (unpaired) electrons. The van der Waals surface area contributed by atoms with Crippen molar-refractivity contribution in [2.24, 2.45) is 0 Å². The summed E-state index contributed by atoms with van der Waals surface area (Å²) in [7, 11) is 0. The van der Waals surface area contributed by atoms with E-state index in [4.69, 9.17) is 9.84 Å². The third-order valence-electron chi connectivity index (χ3n) is 3.01. The molecule has 4 unspecified atom stereocenters. The summed E-state index contributed by atoms with van der Waals surface area (Å²) in [5.41, 5.74) is 0.500. The summed E-state index contributed by atoms with van der Waals surface area (Å²) in [5.74, 6) is 0. The topological polar surface area (TPSA) is 114 Å². The number of fused-ring (bicyclic) bond motifs is 1. The van der Waals surface area contributed by atoms with Gasteiger partial charge in [-0.15, -0.1) is 0 Å². The van der Waals surface area contributed by atoms with Gasteiger partial charge in [0.2, 0.25) is 0 Å². The molecular weight excluding hydrogens is 240 g/mol. The lowest BCUT2D eigenvalue weighted by Crippen LogP contribution is -2.33. The molecule has 0 aromatic carbocycles. The van der Waals surface area contributed by atoms with Gasteiger partial charge in [-0.1, -0.05) is 0 Å². The van der Waals surface area contributed by atoms with Crippen LogP contribution in [0.15, 0.2) is 18.7 Å². The largest absolute Gasteiger partial charge is 0.394 e. The number of aliphatic hydroxyl groups excluding tert-OH is 3. The Bertz CT molecular complexity index is 560. The van der Waals surface area contributed by atoms with Gasteiger partial charge in [0, 0.05) is 6.20 Å². The van der Waals surface area contributed by atoms with Crippen LogP contribution >= 0.6 is 0 Å². The number of aliphatic hydroxyl groups is 3. The average Bonchev–Trinajstić information content (AvgIpc) is 2.93. The summed E-state index contributed by atoms with van der Waals surface area (Å²) in [6.07, 6.45) is 0.482. The van der Waals surface area contributed by atoms with Gasteiger partial charge in [-0.2, -0.15) is 5.10 Å². The first-order valence-electron chi connectivity index (χ1n) is 5.48. The predicted octanol–water partition coefficient (Wildman–Crippen LogP) is -1.56. The summed E-state index contributed by atoms with van der Waals surface area (Å²) in [6, 6.07) is 0. The van der Waals surface area contributed by atoms with Gasteiger partial charge < -0.3 is 20.1 Å². The third-order valence-corrected chi connectivity index (χ3v) is 3.01. The SMILES string of the molecule is OCC1OC(n2ncc3cncnc32)C(O)C1O. The number of nitrogens with zero attached hydrogens (tertiary/aromatic N) is 4. The van der Waals surface area contributed by atoms with Crippen LogP contribution in [0.2, 0.25) is 0 Å². The van der Waals surface area contributed by atoms with Gasteiger partial charge in [-0.25, -0.2) is 14.6 Å². The summed E-state index contributed by atoms with van der Waals surface area (Å²) >= 11 is 0. The maximum absolute atomic E-state index is 9.90.